The first-order valence-corrected chi connectivity index (χ1v) is 15.8. The fraction of sp³-hybridized carbons (Fsp3) is 0.371. The number of amides is 1. The minimum atomic E-state index is -1.04. The number of piperazine rings is 1. The molecule has 46 heavy (non-hydrogen) atoms. The quantitative estimate of drug-likeness (QED) is 0.211. The van der Waals surface area contributed by atoms with Crippen LogP contribution in [0.1, 0.15) is 25.3 Å². The van der Waals surface area contributed by atoms with E-state index in [4.69, 9.17) is 31.0 Å². The average molecular weight is 643 g/mol. The van der Waals surface area contributed by atoms with Crippen LogP contribution >= 0.6 is 11.6 Å². The zero-order chi connectivity index (χ0) is 32.5. The first-order valence-electron chi connectivity index (χ1n) is 15.4. The number of ether oxygens (including phenoxy) is 2. The van der Waals surface area contributed by atoms with Gasteiger partial charge in [-0.25, -0.2) is 4.39 Å². The van der Waals surface area contributed by atoms with Gasteiger partial charge >= 0.3 is 6.01 Å². The number of carbonyl (C=O) groups excluding carboxylic acids is 1. The summed E-state index contributed by atoms with van der Waals surface area (Å²) in [6, 6.07) is 15.9. The molecule has 1 saturated heterocycles. The van der Waals surface area contributed by atoms with Crippen LogP contribution in [0.4, 0.5) is 10.2 Å². The van der Waals surface area contributed by atoms with Gasteiger partial charge in [0.05, 0.1) is 36.0 Å². The highest BCUT2D eigenvalue weighted by Gasteiger charge is 2.35. The van der Waals surface area contributed by atoms with Crippen molar-refractivity contribution < 1.29 is 18.7 Å². The Labute approximate surface area is 272 Å². The van der Waals surface area contributed by atoms with Gasteiger partial charge in [-0.1, -0.05) is 48.5 Å². The molecule has 0 aliphatic carbocycles. The molecular weight excluding hydrogens is 607 g/mol. The van der Waals surface area contributed by atoms with Gasteiger partial charge in [-0.15, -0.1) is 0 Å². The summed E-state index contributed by atoms with van der Waals surface area (Å²) in [4.78, 5) is 27.9. The van der Waals surface area contributed by atoms with Crippen molar-refractivity contribution in [3.05, 3.63) is 65.5 Å². The summed E-state index contributed by atoms with van der Waals surface area (Å²) in [7, 11) is 3.94. The zero-order valence-electron chi connectivity index (χ0n) is 26.2. The number of hydrogen-bond donors (Lipinski definition) is 0. The van der Waals surface area contributed by atoms with E-state index >= 15 is 0 Å². The zero-order valence-corrected chi connectivity index (χ0v) is 27.0. The molecule has 2 aliphatic rings. The lowest BCUT2D eigenvalue weighted by Crippen LogP contribution is -2.55. The predicted molar refractivity (Wildman–Crippen MR) is 178 cm³/mol. The summed E-state index contributed by atoms with van der Waals surface area (Å²) in [6.07, 6.45) is 1.46. The predicted octanol–water partition coefficient (Wildman–Crippen LogP) is 6.17. The monoisotopic (exact) mass is 642 g/mol. The van der Waals surface area contributed by atoms with Crippen molar-refractivity contribution in [1.82, 2.24) is 19.8 Å². The summed E-state index contributed by atoms with van der Waals surface area (Å²) in [5.41, 5.74) is 3.66. The second kappa shape index (κ2) is 13.1. The molecular formula is C35H36ClFN6O3. The largest absolute Gasteiger partial charge is 0.492 e. The van der Waals surface area contributed by atoms with Gasteiger partial charge in [0.1, 0.15) is 17.7 Å². The van der Waals surface area contributed by atoms with Crippen molar-refractivity contribution >= 4 is 45.0 Å². The number of rotatable bonds is 8. The smallest absolute Gasteiger partial charge is 0.319 e. The van der Waals surface area contributed by atoms with Crippen LogP contribution in [0.2, 0.25) is 5.02 Å². The van der Waals surface area contributed by atoms with Crippen molar-refractivity contribution in [3.63, 3.8) is 0 Å². The Morgan fingerprint density at radius 3 is 2.74 bits per heavy atom. The van der Waals surface area contributed by atoms with Crippen molar-refractivity contribution in [3.8, 4) is 29.0 Å². The van der Waals surface area contributed by atoms with E-state index < -0.39 is 17.8 Å². The van der Waals surface area contributed by atoms with Gasteiger partial charge in [-0.2, -0.15) is 15.2 Å². The highest BCUT2D eigenvalue weighted by atomic mass is 35.5. The van der Waals surface area contributed by atoms with E-state index in [-0.39, 0.29) is 31.6 Å². The van der Waals surface area contributed by atoms with Crippen molar-refractivity contribution in [2.45, 2.75) is 38.3 Å². The number of fused-ring (bicyclic) bond motifs is 4. The molecule has 0 radical (unpaired) electrons. The van der Waals surface area contributed by atoms with Gasteiger partial charge in [-0.05, 0) is 62.5 Å². The summed E-state index contributed by atoms with van der Waals surface area (Å²) < 4.78 is 26.7. The van der Waals surface area contributed by atoms with Gasteiger partial charge in [0, 0.05) is 42.2 Å². The highest BCUT2D eigenvalue weighted by Crippen LogP contribution is 2.46. The standard InChI is InChI=1S/C35H36ClFN6O3/c1-21(19-41(3)4)46-35-39-29-18-27(25-10-5-8-23-9-6-12-28(36)30(23)25)26-11-7-17-45-32(26)31(29)33(40-35)42-15-16-43(34(44)22(2)37)24(20-42)13-14-38/h5-6,8-10,12,18,21,24H,2,7,11,13,15-17,19-20H2,1,3-4H3/t21?,24-/m0/s1. The summed E-state index contributed by atoms with van der Waals surface area (Å²) in [5.74, 6) is -0.545. The molecule has 9 nitrogen and oxygen atoms in total. The number of nitrogens with zero attached hydrogens (tertiary/aromatic N) is 6. The Hall–Kier alpha value is -4.46. The Morgan fingerprint density at radius 2 is 2.00 bits per heavy atom. The van der Waals surface area contributed by atoms with Crippen molar-refractivity contribution in [2.24, 2.45) is 0 Å². The first kappa shape index (κ1) is 31.5. The third-order valence-corrected chi connectivity index (χ3v) is 8.81. The van der Waals surface area contributed by atoms with Crippen LogP contribution in [0.5, 0.6) is 11.8 Å². The van der Waals surface area contributed by atoms with Crippen LogP contribution in [-0.2, 0) is 11.2 Å². The number of halogens is 2. The molecule has 1 fully saturated rings. The lowest BCUT2D eigenvalue weighted by molar-refractivity contribution is -0.131. The van der Waals surface area contributed by atoms with E-state index in [2.05, 4.69) is 24.8 Å². The van der Waals surface area contributed by atoms with Gasteiger partial charge in [-0.3, -0.25) is 4.79 Å². The first-order chi connectivity index (χ1) is 22.2. The lowest BCUT2D eigenvalue weighted by atomic mass is 9.89. The van der Waals surface area contributed by atoms with Crippen molar-refractivity contribution in [2.75, 3.05) is 51.8 Å². The maximum absolute atomic E-state index is 13.9. The van der Waals surface area contributed by atoms with Crippen LogP contribution in [0.15, 0.2) is 54.9 Å². The minimum absolute atomic E-state index is 0.0301. The molecule has 6 rings (SSSR count). The van der Waals surface area contributed by atoms with E-state index in [1.807, 2.05) is 61.2 Å². The molecule has 238 valence electrons. The number of nitriles is 1. The van der Waals surface area contributed by atoms with Gasteiger partial charge in [0.2, 0.25) is 0 Å². The van der Waals surface area contributed by atoms with Crippen LogP contribution in [0.25, 0.3) is 32.8 Å². The number of hydrogen-bond acceptors (Lipinski definition) is 8. The molecule has 0 bridgehead atoms. The number of anilines is 1. The van der Waals surface area contributed by atoms with Crippen LogP contribution in [-0.4, -0.2) is 84.7 Å². The fourth-order valence-corrected chi connectivity index (χ4v) is 6.90. The highest BCUT2D eigenvalue weighted by molar-refractivity contribution is 6.36. The molecule has 0 spiro atoms. The Balaban J connectivity index is 1.55. The van der Waals surface area contributed by atoms with Crippen molar-refractivity contribution in [1.29, 1.82) is 5.26 Å². The molecule has 2 atom stereocenters. The normalized spacial score (nSPS) is 17.0. The number of carbonyl (C=O) groups is 1. The van der Waals surface area contributed by atoms with E-state index in [0.717, 1.165) is 45.7 Å². The fourth-order valence-electron chi connectivity index (χ4n) is 6.62. The van der Waals surface area contributed by atoms with E-state index in [9.17, 15) is 14.4 Å². The van der Waals surface area contributed by atoms with E-state index in [1.54, 1.807) is 0 Å². The Bertz CT molecular complexity index is 1870. The molecule has 4 aromatic rings. The topological polar surface area (TPSA) is 94.8 Å². The van der Waals surface area contributed by atoms with Crippen LogP contribution < -0.4 is 14.4 Å². The van der Waals surface area contributed by atoms with E-state index in [0.29, 0.717) is 41.8 Å². The van der Waals surface area contributed by atoms with Crippen LogP contribution in [0.3, 0.4) is 0 Å². The second-order valence-electron chi connectivity index (χ2n) is 12.1. The van der Waals surface area contributed by atoms with Gasteiger partial charge in [0.25, 0.3) is 5.91 Å². The molecule has 1 amide bonds. The molecule has 1 aromatic heterocycles. The molecule has 3 aromatic carbocycles. The molecule has 1 unspecified atom stereocenters. The second-order valence-corrected chi connectivity index (χ2v) is 12.5. The molecule has 11 heteroatoms. The van der Waals surface area contributed by atoms with Crippen LogP contribution in [0, 0.1) is 11.3 Å². The third kappa shape index (κ3) is 6.05. The Kier molecular flexibility index (Phi) is 8.98. The minimum Gasteiger partial charge on any atom is -0.492 e. The summed E-state index contributed by atoms with van der Waals surface area (Å²) in [6.45, 7) is 7.16. The summed E-state index contributed by atoms with van der Waals surface area (Å²) >= 11 is 6.79. The number of aromatic nitrogens is 2. The van der Waals surface area contributed by atoms with E-state index in [1.165, 1.54) is 4.90 Å². The lowest BCUT2D eigenvalue weighted by Gasteiger charge is -2.41. The average Bonchev–Trinajstić information content (AvgIpc) is 3.03. The maximum Gasteiger partial charge on any atom is 0.319 e. The molecule has 3 heterocycles. The number of benzene rings is 3. The number of likely N-dealkylation sites (N-methyl/N-ethyl adjacent to an activating group) is 1. The maximum atomic E-state index is 13.9. The SMILES string of the molecule is C=C(F)C(=O)N1CCN(c2nc(OC(C)CN(C)C)nc3cc(-c4cccc5cccc(Cl)c45)c4c(c23)OCCC4)C[C@@H]1CC#N. The summed E-state index contributed by atoms with van der Waals surface area (Å²) in [5, 5.41) is 13.0. The van der Waals surface area contributed by atoms with Gasteiger partial charge in [0.15, 0.2) is 5.83 Å². The third-order valence-electron chi connectivity index (χ3n) is 8.50. The van der Waals surface area contributed by atoms with Gasteiger partial charge < -0.3 is 24.2 Å². The molecule has 2 aliphatic heterocycles. The molecule has 0 N–H and O–H groups in total. The Morgan fingerprint density at radius 1 is 1.22 bits per heavy atom. The molecule has 0 saturated carbocycles.